The van der Waals surface area contributed by atoms with Crippen LogP contribution in [0.2, 0.25) is 0 Å². The first-order valence-electron chi connectivity index (χ1n) is 9.29. The van der Waals surface area contributed by atoms with Gasteiger partial charge in [-0.15, -0.1) is 10.2 Å². The molecule has 2 aromatic rings. The Morgan fingerprint density at radius 1 is 1.12 bits per heavy atom. The summed E-state index contributed by atoms with van der Waals surface area (Å²) in [5, 5.41) is 14.4. The number of nitrogens with zero attached hydrogens (tertiary/aromatic N) is 3. The molecule has 132 valence electrons. The summed E-state index contributed by atoms with van der Waals surface area (Å²) in [5.74, 6) is 3.06. The van der Waals surface area contributed by atoms with Crippen molar-refractivity contribution in [1.29, 1.82) is 0 Å². The van der Waals surface area contributed by atoms with Crippen LogP contribution in [0.1, 0.15) is 48.8 Å². The van der Waals surface area contributed by atoms with Crippen molar-refractivity contribution in [2.75, 3.05) is 6.54 Å². The van der Waals surface area contributed by atoms with E-state index in [4.69, 9.17) is 0 Å². The number of amides is 2. The summed E-state index contributed by atoms with van der Waals surface area (Å²) in [5.41, 5.74) is 1.38. The highest BCUT2D eigenvalue weighted by Crippen LogP contribution is 2.46. The molecule has 2 heterocycles. The van der Waals surface area contributed by atoms with E-state index in [1.807, 2.05) is 6.07 Å². The Kier molecular flexibility index (Phi) is 4.68. The molecule has 2 amide bonds. The molecule has 1 aliphatic heterocycles. The molecule has 6 heteroatoms. The molecule has 1 aromatic carbocycles. The normalized spacial score (nSPS) is 21.9. The number of nitrogens with one attached hydrogen (secondary N) is 2. The molecule has 2 unspecified atom stereocenters. The zero-order chi connectivity index (χ0) is 17.1. The third kappa shape index (κ3) is 3.83. The Balaban J connectivity index is 1.22. The van der Waals surface area contributed by atoms with Gasteiger partial charge >= 0.3 is 6.03 Å². The van der Waals surface area contributed by atoms with Gasteiger partial charge in [-0.2, -0.15) is 0 Å². The van der Waals surface area contributed by atoms with E-state index >= 15 is 0 Å². The third-order valence-corrected chi connectivity index (χ3v) is 5.27. The fourth-order valence-electron chi connectivity index (χ4n) is 3.70. The number of fused-ring (bicyclic) bond motifs is 1. The lowest BCUT2D eigenvalue weighted by Gasteiger charge is -2.09. The first-order chi connectivity index (χ1) is 12.3. The maximum absolute atomic E-state index is 12.1. The van der Waals surface area contributed by atoms with E-state index in [1.165, 1.54) is 18.4 Å². The fraction of sp³-hybridized carbons (Fsp3) is 0.526. The summed E-state index contributed by atoms with van der Waals surface area (Å²) in [6.45, 7) is 2.12. The van der Waals surface area contributed by atoms with Crippen LogP contribution in [0.5, 0.6) is 0 Å². The minimum atomic E-state index is -0.121. The lowest BCUT2D eigenvalue weighted by molar-refractivity contribution is 0.239. The lowest BCUT2D eigenvalue weighted by atomic mass is 10.1. The molecule has 6 nitrogen and oxygen atoms in total. The molecule has 0 radical (unpaired) electrons. The van der Waals surface area contributed by atoms with Crippen molar-refractivity contribution in [3.05, 3.63) is 47.5 Å². The zero-order valence-electron chi connectivity index (χ0n) is 14.4. The van der Waals surface area contributed by atoms with E-state index in [0.717, 1.165) is 44.0 Å². The lowest BCUT2D eigenvalue weighted by Crippen LogP contribution is -2.37. The van der Waals surface area contributed by atoms with Crippen LogP contribution in [-0.4, -0.2) is 27.3 Å². The Labute approximate surface area is 148 Å². The molecule has 0 saturated heterocycles. The molecule has 2 aliphatic rings. The highest BCUT2D eigenvalue weighted by Gasteiger charge is 2.37. The van der Waals surface area contributed by atoms with Gasteiger partial charge in [-0.05, 0) is 36.7 Å². The number of aryl methyl sites for hydroxylation is 1. The molecule has 1 fully saturated rings. The summed E-state index contributed by atoms with van der Waals surface area (Å²) in [4.78, 5) is 12.1. The Bertz CT molecular complexity index is 727. The predicted molar refractivity (Wildman–Crippen MR) is 95.1 cm³/mol. The van der Waals surface area contributed by atoms with Gasteiger partial charge in [0, 0.05) is 19.5 Å². The second-order valence-corrected chi connectivity index (χ2v) is 7.07. The van der Waals surface area contributed by atoms with Crippen LogP contribution >= 0.6 is 0 Å². The summed E-state index contributed by atoms with van der Waals surface area (Å²) < 4.78 is 2.17. The van der Waals surface area contributed by atoms with Crippen LogP contribution in [0.4, 0.5) is 4.79 Å². The third-order valence-electron chi connectivity index (χ3n) is 5.27. The summed E-state index contributed by atoms with van der Waals surface area (Å²) in [6.07, 6.45) is 5.72. The number of hydrogen-bond donors (Lipinski definition) is 2. The molecule has 1 aromatic heterocycles. The monoisotopic (exact) mass is 339 g/mol. The first kappa shape index (κ1) is 16.1. The van der Waals surface area contributed by atoms with Crippen LogP contribution < -0.4 is 10.6 Å². The van der Waals surface area contributed by atoms with Crippen molar-refractivity contribution in [3.63, 3.8) is 0 Å². The fourth-order valence-corrected chi connectivity index (χ4v) is 3.70. The van der Waals surface area contributed by atoms with Crippen molar-refractivity contribution in [3.8, 4) is 0 Å². The van der Waals surface area contributed by atoms with E-state index in [9.17, 15) is 4.79 Å². The van der Waals surface area contributed by atoms with Crippen LogP contribution in [0, 0.1) is 5.92 Å². The highest BCUT2D eigenvalue weighted by atomic mass is 16.2. The van der Waals surface area contributed by atoms with Gasteiger partial charge in [-0.1, -0.05) is 36.8 Å². The minimum absolute atomic E-state index is 0.121. The summed E-state index contributed by atoms with van der Waals surface area (Å²) in [6, 6.07) is 10.4. The number of aromatic nitrogens is 3. The molecule has 25 heavy (non-hydrogen) atoms. The quantitative estimate of drug-likeness (QED) is 0.879. The highest BCUT2D eigenvalue weighted by molar-refractivity contribution is 5.73. The maximum Gasteiger partial charge on any atom is 0.315 e. The maximum atomic E-state index is 12.1. The summed E-state index contributed by atoms with van der Waals surface area (Å²) >= 11 is 0. The average Bonchev–Trinajstić information content (AvgIpc) is 3.38. The van der Waals surface area contributed by atoms with Crippen molar-refractivity contribution in [1.82, 2.24) is 25.4 Å². The van der Waals surface area contributed by atoms with Crippen molar-refractivity contribution in [2.45, 2.75) is 51.1 Å². The molecule has 0 bridgehead atoms. The Hall–Kier alpha value is -2.37. The van der Waals surface area contributed by atoms with Crippen molar-refractivity contribution >= 4 is 6.03 Å². The van der Waals surface area contributed by atoms with E-state index in [0.29, 0.717) is 18.4 Å². The largest absolute Gasteiger partial charge is 0.338 e. The molecule has 1 aliphatic carbocycles. The number of hydrogen-bond acceptors (Lipinski definition) is 3. The van der Waals surface area contributed by atoms with Crippen LogP contribution in [0.3, 0.4) is 0 Å². The second kappa shape index (κ2) is 7.25. The topological polar surface area (TPSA) is 71.8 Å². The van der Waals surface area contributed by atoms with Gasteiger partial charge in [0.25, 0.3) is 0 Å². The molecule has 2 atom stereocenters. The Morgan fingerprint density at radius 3 is 2.88 bits per heavy atom. The van der Waals surface area contributed by atoms with E-state index in [1.54, 1.807) is 0 Å². The van der Waals surface area contributed by atoms with Crippen LogP contribution in [0.25, 0.3) is 0 Å². The van der Waals surface area contributed by atoms with E-state index < -0.39 is 0 Å². The van der Waals surface area contributed by atoms with Gasteiger partial charge in [0.2, 0.25) is 0 Å². The first-order valence-corrected chi connectivity index (χ1v) is 9.29. The van der Waals surface area contributed by atoms with Gasteiger partial charge < -0.3 is 15.2 Å². The van der Waals surface area contributed by atoms with Crippen molar-refractivity contribution in [2.24, 2.45) is 5.92 Å². The van der Waals surface area contributed by atoms with E-state index in [-0.39, 0.29) is 6.03 Å². The predicted octanol–water partition coefficient (Wildman–Crippen LogP) is 2.61. The molecular formula is C19H25N5O. The van der Waals surface area contributed by atoms with Gasteiger partial charge in [-0.3, -0.25) is 0 Å². The number of benzene rings is 1. The number of rotatable bonds is 5. The number of carbonyl (C=O) groups is 1. The molecule has 2 N–H and O–H groups in total. The molecule has 0 spiro atoms. The standard InChI is InChI=1S/C19H25N5O/c25-19(20-12-15-11-16(15)14-7-3-1-4-8-14)21-13-18-23-22-17-9-5-2-6-10-24(17)18/h1,3-4,7-8,15-16H,2,5-6,9-13H2,(H2,20,21,25). The number of carbonyl (C=O) groups excluding carboxylic acids is 1. The number of urea groups is 1. The second-order valence-electron chi connectivity index (χ2n) is 7.07. The average molecular weight is 339 g/mol. The van der Waals surface area contributed by atoms with Crippen LogP contribution in [-0.2, 0) is 19.5 Å². The van der Waals surface area contributed by atoms with Gasteiger partial charge in [0.05, 0.1) is 6.54 Å². The van der Waals surface area contributed by atoms with Gasteiger partial charge in [0.15, 0.2) is 5.82 Å². The smallest absolute Gasteiger partial charge is 0.315 e. The van der Waals surface area contributed by atoms with E-state index in [2.05, 4.69) is 49.7 Å². The molecule has 4 rings (SSSR count). The Morgan fingerprint density at radius 2 is 2.00 bits per heavy atom. The van der Waals surface area contributed by atoms with Crippen molar-refractivity contribution < 1.29 is 4.79 Å². The molecular weight excluding hydrogens is 314 g/mol. The SMILES string of the molecule is O=C(NCc1nnc2n1CCCCC2)NCC1CC1c1ccccc1. The minimum Gasteiger partial charge on any atom is -0.338 e. The molecule has 1 saturated carbocycles. The summed E-state index contributed by atoms with van der Waals surface area (Å²) in [7, 11) is 0. The van der Waals surface area contributed by atoms with Gasteiger partial charge in [0.1, 0.15) is 5.82 Å². The van der Waals surface area contributed by atoms with Gasteiger partial charge in [-0.25, -0.2) is 4.79 Å². The van der Waals surface area contributed by atoms with Crippen LogP contribution in [0.15, 0.2) is 30.3 Å². The zero-order valence-corrected chi connectivity index (χ0v) is 14.4.